The zero-order valence-corrected chi connectivity index (χ0v) is 20.2. The maximum absolute atomic E-state index is 12.5. The second-order valence-electron chi connectivity index (χ2n) is 7.13. The van der Waals surface area contributed by atoms with Crippen molar-refractivity contribution >= 4 is 34.1 Å². The molecule has 0 aliphatic heterocycles. The summed E-state index contributed by atoms with van der Waals surface area (Å²) in [5.74, 6) is 0.586. The van der Waals surface area contributed by atoms with Gasteiger partial charge in [-0.05, 0) is 30.2 Å². The van der Waals surface area contributed by atoms with Crippen LogP contribution < -0.4 is 10.1 Å². The van der Waals surface area contributed by atoms with E-state index < -0.39 is 0 Å². The third-order valence-corrected chi connectivity index (χ3v) is 6.88. The molecule has 0 aliphatic carbocycles. The Labute approximate surface area is 205 Å². The van der Waals surface area contributed by atoms with Gasteiger partial charge < -0.3 is 4.74 Å². The molecule has 34 heavy (non-hydrogen) atoms. The zero-order valence-electron chi connectivity index (χ0n) is 18.6. The number of aromatic nitrogens is 3. The number of nitriles is 1. The van der Waals surface area contributed by atoms with Gasteiger partial charge in [0.05, 0.1) is 24.1 Å². The highest BCUT2D eigenvalue weighted by Gasteiger charge is 2.17. The molecule has 0 aliphatic rings. The maximum Gasteiger partial charge on any atom is 0.236 e. The van der Waals surface area contributed by atoms with Gasteiger partial charge in [-0.3, -0.25) is 10.1 Å². The molecule has 0 radical (unpaired) electrons. The van der Waals surface area contributed by atoms with Crippen molar-refractivity contribution in [2.75, 3.05) is 18.2 Å². The lowest BCUT2D eigenvalue weighted by molar-refractivity contribution is -0.113. The minimum absolute atomic E-state index is 0.0863. The zero-order chi connectivity index (χ0) is 23.9. The number of aryl methyl sites for hydroxylation is 1. The third-order valence-electron chi connectivity index (χ3n) is 4.92. The van der Waals surface area contributed by atoms with Crippen molar-refractivity contribution in [2.24, 2.45) is 0 Å². The monoisotopic (exact) mass is 487 g/mol. The molecule has 0 saturated heterocycles. The Morgan fingerprint density at radius 3 is 2.53 bits per heavy atom. The number of thioether (sulfide) groups is 1. The Bertz CT molecular complexity index is 1330. The van der Waals surface area contributed by atoms with Crippen molar-refractivity contribution in [1.29, 1.82) is 5.26 Å². The summed E-state index contributed by atoms with van der Waals surface area (Å²) in [6.07, 6.45) is 0.762. The molecule has 2 heterocycles. The lowest BCUT2D eigenvalue weighted by atomic mass is 9.99. The first-order valence-corrected chi connectivity index (χ1v) is 12.3. The van der Waals surface area contributed by atoms with Gasteiger partial charge in [-0.1, -0.05) is 72.5 Å². The SMILES string of the molecule is CCc1nnc(NC(=O)CSc2nc(-c3ccccc3)cc(-c3ccc(OC)cc3)c2C#N)s1. The molecule has 2 aromatic heterocycles. The van der Waals surface area contributed by atoms with Crippen molar-refractivity contribution in [3.63, 3.8) is 0 Å². The predicted molar refractivity (Wildman–Crippen MR) is 135 cm³/mol. The van der Waals surface area contributed by atoms with E-state index in [1.54, 1.807) is 7.11 Å². The van der Waals surface area contributed by atoms with Crippen LogP contribution in [0, 0.1) is 11.3 Å². The quantitative estimate of drug-likeness (QED) is 0.330. The number of nitrogens with zero attached hydrogens (tertiary/aromatic N) is 4. The summed E-state index contributed by atoms with van der Waals surface area (Å²) in [7, 11) is 1.61. The van der Waals surface area contributed by atoms with E-state index in [1.807, 2.05) is 67.6 Å². The van der Waals surface area contributed by atoms with Crippen molar-refractivity contribution < 1.29 is 9.53 Å². The number of hydrogen-bond donors (Lipinski definition) is 1. The summed E-state index contributed by atoms with van der Waals surface area (Å²) in [5.41, 5.74) is 3.69. The molecule has 4 aromatic rings. The van der Waals surface area contributed by atoms with Crippen molar-refractivity contribution in [2.45, 2.75) is 18.4 Å². The summed E-state index contributed by atoms with van der Waals surface area (Å²) in [5, 5.41) is 22.6. The number of anilines is 1. The standard InChI is InChI=1S/C25H21N5O2S2/c1-3-23-29-30-25(34-23)28-22(31)15-33-24-20(14-26)19(16-9-11-18(32-2)12-10-16)13-21(27-24)17-7-5-4-6-8-17/h4-13H,3,15H2,1-2H3,(H,28,30,31). The second kappa shape index (κ2) is 10.9. The topological polar surface area (TPSA) is 101 Å². The Hall–Kier alpha value is -3.74. The van der Waals surface area contributed by atoms with Crippen LogP contribution in [-0.4, -0.2) is 34.0 Å². The fraction of sp³-hybridized carbons (Fsp3) is 0.160. The molecular formula is C25H21N5O2S2. The summed E-state index contributed by atoms with van der Waals surface area (Å²) < 4.78 is 5.27. The van der Waals surface area contributed by atoms with Crippen LogP contribution in [0.25, 0.3) is 22.4 Å². The van der Waals surface area contributed by atoms with E-state index in [0.29, 0.717) is 15.7 Å². The minimum atomic E-state index is -0.231. The number of carbonyl (C=O) groups is 1. The molecule has 2 aromatic carbocycles. The van der Waals surface area contributed by atoms with Gasteiger partial charge in [0.15, 0.2) is 0 Å². The average molecular weight is 488 g/mol. The van der Waals surface area contributed by atoms with Crippen molar-refractivity contribution in [3.8, 4) is 34.2 Å². The van der Waals surface area contributed by atoms with Gasteiger partial charge in [-0.25, -0.2) is 4.98 Å². The largest absolute Gasteiger partial charge is 0.497 e. The molecule has 0 fully saturated rings. The number of hydrogen-bond acceptors (Lipinski definition) is 8. The maximum atomic E-state index is 12.5. The number of methoxy groups -OCH3 is 1. The number of pyridine rings is 1. The van der Waals surface area contributed by atoms with Crippen molar-refractivity contribution in [1.82, 2.24) is 15.2 Å². The molecule has 0 spiro atoms. The van der Waals surface area contributed by atoms with E-state index in [9.17, 15) is 10.1 Å². The number of nitrogens with one attached hydrogen (secondary N) is 1. The van der Waals surface area contributed by atoms with Crippen LogP contribution in [0.2, 0.25) is 0 Å². The Kier molecular flexibility index (Phi) is 7.52. The summed E-state index contributed by atoms with van der Waals surface area (Å²) in [6.45, 7) is 1.98. The second-order valence-corrected chi connectivity index (χ2v) is 9.16. The first-order valence-electron chi connectivity index (χ1n) is 10.5. The van der Waals surface area contributed by atoms with E-state index in [1.165, 1.54) is 23.1 Å². The third kappa shape index (κ3) is 5.42. The first kappa shape index (κ1) is 23.4. The highest BCUT2D eigenvalue weighted by Crippen LogP contribution is 2.35. The fourth-order valence-electron chi connectivity index (χ4n) is 3.23. The van der Waals surface area contributed by atoms with Crippen LogP contribution in [-0.2, 0) is 11.2 Å². The van der Waals surface area contributed by atoms with Gasteiger partial charge in [-0.15, -0.1) is 10.2 Å². The predicted octanol–water partition coefficient (Wildman–Crippen LogP) is 5.44. The van der Waals surface area contributed by atoms with Gasteiger partial charge in [0, 0.05) is 11.1 Å². The summed E-state index contributed by atoms with van der Waals surface area (Å²) in [4.78, 5) is 17.3. The fourth-order valence-corrected chi connectivity index (χ4v) is 4.72. The van der Waals surface area contributed by atoms with Gasteiger partial charge in [-0.2, -0.15) is 5.26 Å². The molecule has 7 nitrogen and oxygen atoms in total. The van der Waals surface area contributed by atoms with Crippen LogP contribution in [0.1, 0.15) is 17.5 Å². The summed E-state index contributed by atoms with van der Waals surface area (Å²) >= 11 is 2.57. The molecule has 9 heteroatoms. The van der Waals surface area contributed by atoms with Crippen molar-refractivity contribution in [3.05, 3.63) is 71.2 Å². The lowest BCUT2D eigenvalue weighted by Gasteiger charge is -2.13. The average Bonchev–Trinajstić information content (AvgIpc) is 3.35. The van der Waals surface area contributed by atoms with Gasteiger partial charge in [0.2, 0.25) is 11.0 Å². The molecule has 1 amide bonds. The highest BCUT2D eigenvalue weighted by atomic mass is 32.2. The lowest BCUT2D eigenvalue weighted by Crippen LogP contribution is -2.14. The Morgan fingerprint density at radius 1 is 1.12 bits per heavy atom. The van der Waals surface area contributed by atoms with Crippen LogP contribution in [0.4, 0.5) is 5.13 Å². The Balaban J connectivity index is 1.67. The summed E-state index contributed by atoms with van der Waals surface area (Å²) in [6, 6.07) is 21.5. The van der Waals surface area contributed by atoms with E-state index in [0.717, 1.165) is 39.6 Å². The highest BCUT2D eigenvalue weighted by molar-refractivity contribution is 8.00. The molecule has 170 valence electrons. The molecule has 0 saturated carbocycles. The first-order chi connectivity index (χ1) is 16.6. The smallest absolute Gasteiger partial charge is 0.236 e. The molecule has 0 bridgehead atoms. The molecular weight excluding hydrogens is 466 g/mol. The van der Waals surface area contributed by atoms with Crippen LogP contribution in [0.5, 0.6) is 5.75 Å². The number of amides is 1. The van der Waals surface area contributed by atoms with Gasteiger partial charge in [0.25, 0.3) is 0 Å². The van der Waals surface area contributed by atoms with Gasteiger partial charge >= 0.3 is 0 Å². The van der Waals surface area contributed by atoms with E-state index in [2.05, 4.69) is 21.6 Å². The molecule has 4 rings (SSSR count). The Morgan fingerprint density at radius 2 is 1.88 bits per heavy atom. The van der Waals surface area contributed by atoms with Gasteiger partial charge in [0.1, 0.15) is 21.9 Å². The van der Waals surface area contributed by atoms with Crippen LogP contribution >= 0.6 is 23.1 Å². The molecule has 0 unspecified atom stereocenters. The molecule has 1 N–H and O–H groups in total. The van der Waals surface area contributed by atoms with Crippen LogP contribution in [0.3, 0.4) is 0 Å². The normalized spacial score (nSPS) is 10.5. The number of ether oxygens (including phenoxy) is 1. The minimum Gasteiger partial charge on any atom is -0.497 e. The van der Waals surface area contributed by atoms with E-state index >= 15 is 0 Å². The number of carbonyl (C=O) groups excluding carboxylic acids is 1. The molecule has 0 atom stereocenters. The van der Waals surface area contributed by atoms with Crippen LogP contribution in [0.15, 0.2) is 65.7 Å². The van der Waals surface area contributed by atoms with E-state index in [4.69, 9.17) is 9.72 Å². The van der Waals surface area contributed by atoms with E-state index in [-0.39, 0.29) is 11.7 Å². The number of benzene rings is 2. The number of rotatable bonds is 8.